The van der Waals surface area contributed by atoms with Gasteiger partial charge in [0.15, 0.2) is 10.8 Å². The van der Waals surface area contributed by atoms with Gasteiger partial charge in [0.25, 0.3) is 5.91 Å². The molecule has 0 aliphatic heterocycles. The summed E-state index contributed by atoms with van der Waals surface area (Å²) in [5.74, 6) is 1.20. The van der Waals surface area contributed by atoms with Gasteiger partial charge in [-0.25, -0.2) is 15.0 Å². The van der Waals surface area contributed by atoms with Crippen LogP contribution in [0.3, 0.4) is 0 Å². The zero-order valence-electron chi connectivity index (χ0n) is 14.0. The van der Waals surface area contributed by atoms with Crippen molar-refractivity contribution in [3.63, 3.8) is 0 Å². The van der Waals surface area contributed by atoms with E-state index in [9.17, 15) is 4.79 Å². The Labute approximate surface area is 149 Å². The van der Waals surface area contributed by atoms with E-state index in [2.05, 4.69) is 20.3 Å². The first kappa shape index (κ1) is 17.0. The van der Waals surface area contributed by atoms with E-state index < -0.39 is 0 Å². The molecule has 0 bridgehead atoms. The monoisotopic (exact) mass is 354 g/mol. The van der Waals surface area contributed by atoms with Gasteiger partial charge in [-0.1, -0.05) is 19.1 Å². The van der Waals surface area contributed by atoms with Crippen LogP contribution >= 0.6 is 11.3 Å². The van der Waals surface area contributed by atoms with E-state index in [1.165, 1.54) is 11.3 Å². The first-order chi connectivity index (χ1) is 12.2. The number of nitrogens with zero attached hydrogens (tertiary/aromatic N) is 3. The Kier molecular flexibility index (Phi) is 5.35. The van der Waals surface area contributed by atoms with Gasteiger partial charge < -0.3 is 10.1 Å². The van der Waals surface area contributed by atoms with Gasteiger partial charge in [-0.2, -0.15) is 0 Å². The third-order valence-corrected chi connectivity index (χ3v) is 4.70. The second kappa shape index (κ2) is 7.85. The highest BCUT2D eigenvalue weighted by molar-refractivity contribution is 7.17. The Bertz CT molecular complexity index is 847. The van der Waals surface area contributed by atoms with Crippen molar-refractivity contribution in [2.24, 2.45) is 0 Å². The summed E-state index contributed by atoms with van der Waals surface area (Å²) in [6.45, 7) is 2.42. The minimum absolute atomic E-state index is 0.132. The number of ether oxygens (including phenoxy) is 1. The first-order valence-corrected chi connectivity index (χ1v) is 8.71. The van der Waals surface area contributed by atoms with Crippen molar-refractivity contribution < 1.29 is 9.53 Å². The Morgan fingerprint density at radius 1 is 1.20 bits per heavy atom. The highest BCUT2D eigenvalue weighted by atomic mass is 32.1. The van der Waals surface area contributed by atoms with Crippen molar-refractivity contribution in [2.75, 3.05) is 7.11 Å². The molecule has 0 spiro atoms. The normalized spacial score (nSPS) is 10.5. The lowest BCUT2D eigenvalue weighted by Crippen LogP contribution is -2.22. The van der Waals surface area contributed by atoms with Gasteiger partial charge in [0.1, 0.15) is 10.6 Å². The van der Waals surface area contributed by atoms with Crippen LogP contribution in [0.2, 0.25) is 0 Å². The van der Waals surface area contributed by atoms with E-state index in [0.29, 0.717) is 28.7 Å². The van der Waals surface area contributed by atoms with Gasteiger partial charge in [-0.05, 0) is 30.2 Å². The topological polar surface area (TPSA) is 77.0 Å². The lowest BCUT2D eigenvalue weighted by Gasteiger charge is -2.06. The average molecular weight is 354 g/mol. The molecule has 6 nitrogen and oxygen atoms in total. The molecule has 0 saturated heterocycles. The SMILES string of the molecule is CCc1nc(-c2ncccn2)sc1C(=O)NCc1ccc(OC)cc1. The largest absolute Gasteiger partial charge is 0.497 e. The fourth-order valence-electron chi connectivity index (χ4n) is 2.28. The van der Waals surface area contributed by atoms with Crippen LogP contribution in [0.5, 0.6) is 5.75 Å². The number of hydrogen-bond donors (Lipinski definition) is 1. The molecule has 7 heteroatoms. The Hall–Kier alpha value is -2.80. The van der Waals surface area contributed by atoms with E-state index >= 15 is 0 Å². The van der Waals surface area contributed by atoms with Gasteiger partial charge in [-0.3, -0.25) is 4.79 Å². The number of thiazole rings is 1. The Morgan fingerprint density at radius 2 is 1.92 bits per heavy atom. The summed E-state index contributed by atoms with van der Waals surface area (Å²) in [7, 11) is 1.63. The summed E-state index contributed by atoms with van der Waals surface area (Å²) in [6, 6.07) is 9.35. The third kappa shape index (κ3) is 4.00. The molecule has 0 atom stereocenters. The molecule has 128 valence electrons. The number of benzene rings is 1. The predicted molar refractivity (Wildman–Crippen MR) is 96.7 cm³/mol. The fraction of sp³-hybridized carbons (Fsp3) is 0.222. The van der Waals surface area contributed by atoms with Crippen molar-refractivity contribution >= 4 is 17.2 Å². The van der Waals surface area contributed by atoms with Crippen LogP contribution in [0.4, 0.5) is 0 Å². The van der Waals surface area contributed by atoms with E-state index in [-0.39, 0.29) is 5.91 Å². The molecule has 3 aromatic rings. The number of hydrogen-bond acceptors (Lipinski definition) is 6. The maximum atomic E-state index is 12.6. The summed E-state index contributed by atoms with van der Waals surface area (Å²) in [5, 5.41) is 3.60. The number of nitrogens with one attached hydrogen (secondary N) is 1. The summed E-state index contributed by atoms with van der Waals surface area (Å²) < 4.78 is 5.13. The van der Waals surface area contributed by atoms with E-state index in [1.807, 2.05) is 31.2 Å². The maximum Gasteiger partial charge on any atom is 0.263 e. The van der Waals surface area contributed by atoms with Crippen molar-refractivity contribution in [3.05, 3.63) is 58.9 Å². The zero-order chi connectivity index (χ0) is 17.6. The fourth-order valence-corrected chi connectivity index (χ4v) is 3.30. The van der Waals surface area contributed by atoms with Crippen LogP contribution in [0.15, 0.2) is 42.7 Å². The van der Waals surface area contributed by atoms with Crippen LogP contribution in [-0.2, 0) is 13.0 Å². The maximum absolute atomic E-state index is 12.6. The molecule has 2 heterocycles. The summed E-state index contributed by atoms with van der Waals surface area (Å²) >= 11 is 1.32. The quantitative estimate of drug-likeness (QED) is 0.736. The second-order valence-electron chi connectivity index (χ2n) is 5.25. The molecule has 0 unspecified atom stereocenters. The molecule has 0 saturated carbocycles. The van der Waals surface area contributed by atoms with E-state index in [1.54, 1.807) is 25.6 Å². The van der Waals surface area contributed by atoms with Gasteiger partial charge in [0.05, 0.1) is 12.8 Å². The van der Waals surface area contributed by atoms with Crippen LogP contribution in [-0.4, -0.2) is 28.0 Å². The summed E-state index contributed by atoms with van der Waals surface area (Å²) in [5.41, 5.74) is 1.77. The average Bonchev–Trinajstić information content (AvgIpc) is 3.12. The first-order valence-electron chi connectivity index (χ1n) is 7.89. The smallest absolute Gasteiger partial charge is 0.263 e. The molecular formula is C18H18N4O2S. The molecule has 0 aliphatic rings. The van der Waals surface area contributed by atoms with Crippen LogP contribution in [0.25, 0.3) is 10.8 Å². The summed E-state index contributed by atoms with van der Waals surface area (Å²) in [6.07, 6.45) is 4.01. The van der Waals surface area contributed by atoms with Crippen molar-refractivity contribution in [2.45, 2.75) is 19.9 Å². The lowest BCUT2D eigenvalue weighted by molar-refractivity contribution is 0.0954. The Balaban J connectivity index is 1.73. The van der Waals surface area contributed by atoms with Crippen LogP contribution in [0, 0.1) is 0 Å². The molecule has 3 rings (SSSR count). The van der Waals surface area contributed by atoms with E-state index in [0.717, 1.165) is 17.0 Å². The lowest BCUT2D eigenvalue weighted by atomic mass is 10.2. The molecule has 1 N–H and O–H groups in total. The Morgan fingerprint density at radius 3 is 2.56 bits per heavy atom. The second-order valence-corrected chi connectivity index (χ2v) is 6.25. The molecule has 0 fully saturated rings. The zero-order valence-corrected chi connectivity index (χ0v) is 14.8. The van der Waals surface area contributed by atoms with Crippen molar-refractivity contribution in [3.8, 4) is 16.6 Å². The summed E-state index contributed by atoms with van der Waals surface area (Å²) in [4.78, 5) is 26.1. The number of rotatable bonds is 6. The molecule has 25 heavy (non-hydrogen) atoms. The van der Waals surface area contributed by atoms with Crippen LogP contribution < -0.4 is 10.1 Å². The van der Waals surface area contributed by atoms with Gasteiger partial charge in [-0.15, -0.1) is 11.3 Å². The highest BCUT2D eigenvalue weighted by Gasteiger charge is 2.18. The number of aromatic nitrogens is 3. The predicted octanol–water partition coefficient (Wildman–Crippen LogP) is 3.10. The molecule has 1 aromatic carbocycles. The van der Waals surface area contributed by atoms with E-state index in [4.69, 9.17) is 4.74 Å². The third-order valence-electron chi connectivity index (χ3n) is 3.61. The van der Waals surface area contributed by atoms with Crippen molar-refractivity contribution in [1.29, 1.82) is 0 Å². The molecule has 1 amide bonds. The number of aryl methyl sites for hydroxylation is 1. The molecule has 0 aliphatic carbocycles. The van der Waals surface area contributed by atoms with Gasteiger partial charge in [0.2, 0.25) is 0 Å². The number of carbonyl (C=O) groups is 1. The van der Waals surface area contributed by atoms with Gasteiger partial charge in [0, 0.05) is 18.9 Å². The minimum Gasteiger partial charge on any atom is -0.497 e. The standard InChI is InChI=1S/C18H18N4O2S/c1-3-14-15(25-18(22-14)16-19-9-4-10-20-16)17(23)21-11-12-5-7-13(24-2)8-6-12/h4-10H,3,11H2,1-2H3,(H,21,23). The molecular weight excluding hydrogens is 336 g/mol. The highest BCUT2D eigenvalue weighted by Crippen LogP contribution is 2.26. The van der Waals surface area contributed by atoms with Crippen LogP contribution in [0.1, 0.15) is 27.9 Å². The number of amides is 1. The minimum atomic E-state index is -0.132. The van der Waals surface area contributed by atoms with Crippen molar-refractivity contribution in [1.82, 2.24) is 20.3 Å². The van der Waals surface area contributed by atoms with Gasteiger partial charge >= 0.3 is 0 Å². The molecule has 0 radical (unpaired) electrons. The number of carbonyl (C=O) groups excluding carboxylic acids is 1. The number of methoxy groups -OCH3 is 1. The molecule has 2 aromatic heterocycles.